The maximum atomic E-state index is 14.1. The molecule has 26 heavy (non-hydrogen) atoms. The van der Waals surface area contributed by atoms with Crippen molar-refractivity contribution in [3.63, 3.8) is 0 Å². The Kier molecular flexibility index (Phi) is 5.79. The fourth-order valence-electron chi connectivity index (χ4n) is 3.70. The molecule has 0 atom stereocenters. The lowest BCUT2D eigenvalue weighted by Crippen LogP contribution is -2.62. The third-order valence-corrected chi connectivity index (χ3v) is 5.48. The Labute approximate surface area is 159 Å². The van der Waals surface area contributed by atoms with Gasteiger partial charge in [-0.05, 0) is 70.5 Å². The van der Waals surface area contributed by atoms with Crippen molar-refractivity contribution in [3.05, 3.63) is 35.1 Å². The molecule has 0 unspecified atom stereocenters. The molecule has 140 valence electrons. The highest BCUT2D eigenvalue weighted by Crippen LogP contribution is 2.32. The Hall–Kier alpha value is -1.91. The number of benzene rings is 1. The second-order valence-electron chi connectivity index (χ2n) is 8.11. The summed E-state index contributed by atoms with van der Waals surface area (Å²) in [7, 11) is 1.86. The molecule has 1 aromatic carbocycles. The fraction of sp³-hybridized carbons (Fsp3) is 0.526. The van der Waals surface area contributed by atoms with Gasteiger partial charge in [-0.25, -0.2) is 4.39 Å². The number of piperidine rings is 1. The zero-order valence-electron chi connectivity index (χ0n) is 15.9. The van der Waals surface area contributed by atoms with E-state index in [0.717, 1.165) is 30.7 Å². The normalized spacial score (nSPS) is 18.8. The molecule has 2 rings (SSSR count). The van der Waals surface area contributed by atoms with Crippen LogP contribution in [0.4, 0.5) is 4.39 Å². The SMILES string of the molecule is CN(C(=N)SC(=N)c1ccc(C#N)cc1F)C1CC(C)(C)NC(C)(C)C1. The first-order valence-electron chi connectivity index (χ1n) is 8.51. The quantitative estimate of drug-likeness (QED) is 0.540. The predicted molar refractivity (Wildman–Crippen MR) is 105 cm³/mol. The summed E-state index contributed by atoms with van der Waals surface area (Å²) in [6.45, 7) is 8.61. The van der Waals surface area contributed by atoms with Gasteiger partial charge < -0.3 is 10.2 Å². The zero-order chi connectivity index (χ0) is 19.7. The van der Waals surface area contributed by atoms with E-state index in [1.54, 1.807) is 0 Å². The third-order valence-electron chi connectivity index (χ3n) is 4.58. The van der Waals surface area contributed by atoms with E-state index in [1.807, 2.05) is 18.0 Å². The van der Waals surface area contributed by atoms with Gasteiger partial charge >= 0.3 is 0 Å². The van der Waals surface area contributed by atoms with Crippen molar-refractivity contribution >= 4 is 22.0 Å². The maximum absolute atomic E-state index is 14.1. The summed E-state index contributed by atoms with van der Waals surface area (Å²) in [5, 5.41) is 29.1. The number of nitriles is 1. The first-order chi connectivity index (χ1) is 11.9. The lowest BCUT2D eigenvalue weighted by atomic mass is 9.79. The summed E-state index contributed by atoms with van der Waals surface area (Å²) in [4.78, 5) is 1.88. The van der Waals surface area contributed by atoms with E-state index in [2.05, 4.69) is 33.0 Å². The number of rotatable bonds is 2. The van der Waals surface area contributed by atoms with Crippen LogP contribution in [0.5, 0.6) is 0 Å². The van der Waals surface area contributed by atoms with Crippen LogP contribution >= 0.6 is 11.8 Å². The van der Waals surface area contributed by atoms with E-state index >= 15 is 0 Å². The van der Waals surface area contributed by atoms with E-state index in [-0.39, 0.29) is 38.5 Å². The van der Waals surface area contributed by atoms with Crippen LogP contribution in [0, 0.1) is 28.0 Å². The van der Waals surface area contributed by atoms with Crippen LogP contribution < -0.4 is 5.32 Å². The van der Waals surface area contributed by atoms with Gasteiger partial charge in [0.15, 0.2) is 5.17 Å². The predicted octanol–water partition coefficient (Wildman–Crippen LogP) is 3.93. The summed E-state index contributed by atoms with van der Waals surface area (Å²) >= 11 is 0.932. The molecule has 5 nitrogen and oxygen atoms in total. The van der Waals surface area contributed by atoms with Crippen LogP contribution in [-0.4, -0.2) is 39.3 Å². The van der Waals surface area contributed by atoms with E-state index < -0.39 is 5.82 Å². The molecule has 1 aliphatic heterocycles. The minimum atomic E-state index is -0.610. The van der Waals surface area contributed by atoms with Crippen LogP contribution in [0.2, 0.25) is 0 Å². The molecular formula is C19H26FN5S. The van der Waals surface area contributed by atoms with E-state index in [4.69, 9.17) is 16.1 Å². The van der Waals surface area contributed by atoms with Gasteiger partial charge in [-0.15, -0.1) is 0 Å². The van der Waals surface area contributed by atoms with E-state index in [0.29, 0.717) is 0 Å². The third kappa shape index (κ3) is 4.83. The van der Waals surface area contributed by atoms with Gasteiger partial charge in [-0.3, -0.25) is 10.8 Å². The first-order valence-corrected chi connectivity index (χ1v) is 9.33. The number of nitrogens with one attached hydrogen (secondary N) is 3. The van der Waals surface area contributed by atoms with Crippen molar-refractivity contribution in [1.82, 2.24) is 10.2 Å². The molecule has 0 saturated carbocycles. The van der Waals surface area contributed by atoms with Gasteiger partial charge in [-0.2, -0.15) is 5.26 Å². The van der Waals surface area contributed by atoms with Crippen LogP contribution in [0.3, 0.4) is 0 Å². The van der Waals surface area contributed by atoms with Gasteiger partial charge in [0.25, 0.3) is 0 Å². The summed E-state index contributed by atoms with van der Waals surface area (Å²) in [5.74, 6) is -0.610. The Morgan fingerprint density at radius 3 is 2.35 bits per heavy atom. The minimum Gasteiger partial charge on any atom is -0.351 e. The average molecular weight is 376 g/mol. The van der Waals surface area contributed by atoms with Gasteiger partial charge in [0, 0.05) is 29.7 Å². The highest BCUT2D eigenvalue weighted by molar-refractivity contribution is 8.26. The molecule has 1 heterocycles. The molecule has 0 aromatic heterocycles. The molecule has 1 aliphatic rings. The molecule has 1 saturated heterocycles. The number of amidine groups is 1. The molecule has 0 aliphatic carbocycles. The second-order valence-corrected chi connectivity index (χ2v) is 9.11. The number of hydrogen-bond acceptors (Lipinski definition) is 5. The van der Waals surface area contributed by atoms with Gasteiger partial charge in [-0.1, -0.05) is 0 Å². The first kappa shape index (κ1) is 20.4. The zero-order valence-corrected chi connectivity index (χ0v) is 16.7. The van der Waals surface area contributed by atoms with Crippen LogP contribution in [0.1, 0.15) is 51.7 Å². The van der Waals surface area contributed by atoms with Crippen LogP contribution in [-0.2, 0) is 0 Å². The Balaban J connectivity index is 2.09. The maximum Gasteiger partial charge on any atom is 0.162 e. The molecule has 0 amide bonds. The highest BCUT2D eigenvalue weighted by atomic mass is 32.2. The van der Waals surface area contributed by atoms with Crippen molar-refractivity contribution in [3.8, 4) is 6.07 Å². The van der Waals surface area contributed by atoms with Gasteiger partial charge in [0.2, 0.25) is 0 Å². The summed E-state index contributed by atoms with van der Waals surface area (Å²) in [6, 6.07) is 6.07. The Morgan fingerprint density at radius 1 is 1.27 bits per heavy atom. The van der Waals surface area contributed by atoms with Crippen LogP contribution in [0.25, 0.3) is 0 Å². The minimum absolute atomic E-state index is 0.0312. The van der Waals surface area contributed by atoms with Crippen molar-refractivity contribution in [2.45, 2.75) is 57.7 Å². The molecule has 0 spiro atoms. The topological polar surface area (TPSA) is 86.8 Å². The van der Waals surface area contributed by atoms with Crippen molar-refractivity contribution in [2.24, 2.45) is 0 Å². The summed E-state index contributed by atoms with van der Waals surface area (Å²) in [6.07, 6.45) is 1.77. The number of nitrogens with zero attached hydrogens (tertiary/aromatic N) is 2. The van der Waals surface area contributed by atoms with Crippen molar-refractivity contribution in [2.75, 3.05) is 7.05 Å². The molecule has 3 N–H and O–H groups in total. The number of halogens is 1. The van der Waals surface area contributed by atoms with Gasteiger partial charge in [0.05, 0.1) is 11.6 Å². The Bertz CT molecular complexity index is 750. The van der Waals surface area contributed by atoms with E-state index in [1.165, 1.54) is 12.1 Å². The van der Waals surface area contributed by atoms with Crippen molar-refractivity contribution < 1.29 is 4.39 Å². The molecule has 7 heteroatoms. The summed E-state index contributed by atoms with van der Waals surface area (Å²) in [5.41, 5.74) is 0.241. The standard InChI is InChI=1S/C19H26FN5S/c1-18(2)9-13(10-19(3,4)24-18)25(5)17(23)26-16(22)14-7-6-12(11-21)8-15(14)20/h6-8,13,22-24H,9-10H2,1-5H3. The highest BCUT2D eigenvalue weighted by Gasteiger charge is 2.39. The number of hydrogen-bond donors (Lipinski definition) is 3. The molecular weight excluding hydrogens is 349 g/mol. The molecule has 1 aromatic rings. The molecule has 1 fully saturated rings. The largest absolute Gasteiger partial charge is 0.351 e. The number of thioether (sulfide) groups is 1. The average Bonchev–Trinajstić information content (AvgIpc) is 2.50. The van der Waals surface area contributed by atoms with Gasteiger partial charge in [0.1, 0.15) is 10.9 Å². The molecule has 0 radical (unpaired) electrons. The van der Waals surface area contributed by atoms with E-state index in [9.17, 15) is 4.39 Å². The second kappa shape index (κ2) is 7.37. The monoisotopic (exact) mass is 375 g/mol. The fourth-order valence-corrected chi connectivity index (χ4v) is 4.46. The lowest BCUT2D eigenvalue weighted by molar-refractivity contribution is 0.114. The molecule has 0 bridgehead atoms. The van der Waals surface area contributed by atoms with Crippen molar-refractivity contribution in [1.29, 1.82) is 16.1 Å². The smallest absolute Gasteiger partial charge is 0.162 e. The summed E-state index contributed by atoms with van der Waals surface area (Å²) < 4.78 is 14.1. The Morgan fingerprint density at radius 2 is 1.85 bits per heavy atom. The van der Waals surface area contributed by atoms with Crippen LogP contribution in [0.15, 0.2) is 18.2 Å². The lowest BCUT2D eigenvalue weighted by Gasteiger charge is -2.49.